The van der Waals surface area contributed by atoms with Crippen molar-refractivity contribution in [2.75, 3.05) is 50.9 Å². The molecule has 0 aromatic heterocycles. The van der Waals surface area contributed by atoms with Crippen LogP contribution in [0.15, 0.2) is 79.4 Å². The van der Waals surface area contributed by atoms with Gasteiger partial charge < -0.3 is 28.7 Å². The van der Waals surface area contributed by atoms with E-state index >= 15 is 0 Å². The van der Waals surface area contributed by atoms with Crippen LogP contribution in [0.1, 0.15) is 18.1 Å². The summed E-state index contributed by atoms with van der Waals surface area (Å²) in [5.41, 5.74) is 2.78. The largest absolute Gasteiger partial charge is 0.491 e. The van der Waals surface area contributed by atoms with Crippen molar-refractivity contribution in [3.05, 3.63) is 101 Å². The second-order valence-corrected chi connectivity index (χ2v) is 11.1. The fraction of sp³-hybridized carbons (Fsp3) is 0.344. The number of halogens is 2. The van der Waals surface area contributed by atoms with Crippen LogP contribution in [0.3, 0.4) is 0 Å². The third-order valence-electron chi connectivity index (χ3n) is 7.25. The molecule has 2 heterocycles. The van der Waals surface area contributed by atoms with Crippen LogP contribution in [0.5, 0.6) is 11.5 Å². The predicted molar refractivity (Wildman–Crippen MR) is 161 cm³/mol. The Hall–Kier alpha value is -3.23. The standard InChI is InChI=1S/C32H34Cl2N2O5/c1-3-17-38-27-6-4-5-23(18-27)19-31(37)36-15-13-35(14-16-36)25-8-10-26(11-9-25)39-21-28-22-40-32(2,41-28)29-12-7-24(33)20-30(29)34/h3-12,18,20,28H,1,13-17,19,21-22H2,2H3/t28-,32+/m1/s1. The van der Waals surface area contributed by atoms with Crippen molar-refractivity contribution in [2.45, 2.75) is 25.2 Å². The van der Waals surface area contributed by atoms with Gasteiger partial charge in [0.1, 0.15) is 30.8 Å². The fourth-order valence-electron chi connectivity index (χ4n) is 5.06. The van der Waals surface area contributed by atoms with Crippen LogP contribution < -0.4 is 14.4 Å². The molecule has 1 amide bonds. The van der Waals surface area contributed by atoms with Gasteiger partial charge in [-0.2, -0.15) is 0 Å². The first kappa shape index (κ1) is 29.3. The van der Waals surface area contributed by atoms with Gasteiger partial charge in [0.05, 0.1) is 18.1 Å². The molecule has 3 aromatic carbocycles. The minimum absolute atomic E-state index is 0.127. The molecule has 41 heavy (non-hydrogen) atoms. The molecule has 216 valence electrons. The van der Waals surface area contributed by atoms with E-state index in [0.717, 1.165) is 41.4 Å². The molecule has 0 spiro atoms. The fourth-order valence-corrected chi connectivity index (χ4v) is 5.64. The molecule has 2 atom stereocenters. The Kier molecular flexibility index (Phi) is 9.40. The quantitative estimate of drug-likeness (QED) is 0.263. The van der Waals surface area contributed by atoms with E-state index in [1.807, 2.05) is 66.4 Å². The Morgan fingerprint density at radius 2 is 1.80 bits per heavy atom. The number of hydrogen-bond acceptors (Lipinski definition) is 6. The van der Waals surface area contributed by atoms with Gasteiger partial charge in [-0.3, -0.25) is 4.79 Å². The zero-order chi connectivity index (χ0) is 28.8. The van der Waals surface area contributed by atoms with Gasteiger partial charge in [0.25, 0.3) is 0 Å². The normalized spacial score (nSPS) is 20.6. The van der Waals surface area contributed by atoms with Crippen molar-refractivity contribution >= 4 is 34.8 Å². The highest BCUT2D eigenvalue weighted by Gasteiger charge is 2.40. The van der Waals surface area contributed by atoms with Crippen LogP contribution in [0.2, 0.25) is 10.0 Å². The maximum absolute atomic E-state index is 12.9. The molecule has 0 bridgehead atoms. The molecule has 0 radical (unpaired) electrons. The van der Waals surface area contributed by atoms with Gasteiger partial charge in [-0.25, -0.2) is 0 Å². The number of benzene rings is 3. The van der Waals surface area contributed by atoms with Gasteiger partial charge in [-0.1, -0.05) is 54.1 Å². The van der Waals surface area contributed by atoms with E-state index in [1.54, 1.807) is 18.2 Å². The molecule has 0 unspecified atom stereocenters. The van der Waals surface area contributed by atoms with Crippen LogP contribution >= 0.6 is 23.2 Å². The highest BCUT2D eigenvalue weighted by Crippen LogP contribution is 2.38. The van der Waals surface area contributed by atoms with Crippen molar-refractivity contribution < 1.29 is 23.7 Å². The molecule has 5 rings (SSSR count). The van der Waals surface area contributed by atoms with Gasteiger partial charge in [0, 0.05) is 42.5 Å². The van der Waals surface area contributed by atoms with E-state index < -0.39 is 5.79 Å². The first-order valence-corrected chi connectivity index (χ1v) is 14.4. The van der Waals surface area contributed by atoms with E-state index in [9.17, 15) is 4.79 Å². The zero-order valence-electron chi connectivity index (χ0n) is 23.1. The second kappa shape index (κ2) is 13.2. The van der Waals surface area contributed by atoms with Crippen molar-refractivity contribution in [1.29, 1.82) is 0 Å². The highest BCUT2D eigenvalue weighted by atomic mass is 35.5. The number of rotatable bonds is 10. The number of hydrogen-bond donors (Lipinski definition) is 0. The molecule has 9 heteroatoms. The van der Waals surface area contributed by atoms with Gasteiger partial charge in [0.2, 0.25) is 5.91 Å². The Morgan fingerprint density at radius 3 is 2.54 bits per heavy atom. The molecule has 0 N–H and O–H groups in total. The lowest BCUT2D eigenvalue weighted by atomic mass is 10.1. The van der Waals surface area contributed by atoms with Gasteiger partial charge >= 0.3 is 0 Å². The maximum atomic E-state index is 12.9. The monoisotopic (exact) mass is 596 g/mol. The summed E-state index contributed by atoms with van der Waals surface area (Å²) in [6.07, 6.45) is 1.83. The topological polar surface area (TPSA) is 60.5 Å². The van der Waals surface area contributed by atoms with Crippen molar-refractivity contribution in [3.8, 4) is 11.5 Å². The van der Waals surface area contributed by atoms with Gasteiger partial charge in [0.15, 0.2) is 5.79 Å². The van der Waals surface area contributed by atoms with E-state index in [4.69, 9.17) is 42.1 Å². The van der Waals surface area contributed by atoms with Crippen LogP contribution in [-0.2, 0) is 26.5 Å². The maximum Gasteiger partial charge on any atom is 0.227 e. The number of piperazine rings is 1. The molecule has 0 aliphatic carbocycles. The molecule has 7 nitrogen and oxygen atoms in total. The van der Waals surface area contributed by atoms with E-state index in [2.05, 4.69) is 11.5 Å². The molecule has 2 saturated heterocycles. The molecule has 3 aromatic rings. The zero-order valence-corrected chi connectivity index (χ0v) is 24.6. The summed E-state index contributed by atoms with van der Waals surface area (Å²) in [5, 5.41) is 1.06. The number of ether oxygens (including phenoxy) is 4. The molecule has 2 aliphatic rings. The molecular weight excluding hydrogens is 563 g/mol. The van der Waals surface area contributed by atoms with Crippen molar-refractivity contribution in [3.63, 3.8) is 0 Å². The first-order valence-electron chi connectivity index (χ1n) is 13.7. The molecular formula is C32H34Cl2N2O5. The molecule has 0 saturated carbocycles. The van der Waals surface area contributed by atoms with E-state index in [1.165, 1.54) is 0 Å². The minimum atomic E-state index is -0.951. The lowest BCUT2D eigenvalue weighted by Gasteiger charge is -2.36. The Labute approximate surface area is 251 Å². The summed E-state index contributed by atoms with van der Waals surface area (Å²) in [6, 6.07) is 21.0. The Balaban J connectivity index is 1.07. The third-order valence-corrected chi connectivity index (χ3v) is 7.80. The van der Waals surface area contributed by atoms with Crippen LogP contribution in [-0.4, -0.2) is 62.9 Å². The number of amides is 1. The summed E-state index contributed by atoms with van der Waals surface area (Å²) in [6.45, 7) is 9.61. The smallest absolute Gasteiger partial charge is 0.227 e. The Bertz CT molecular complexity index is 1360. The average Bonchev–Trinajstić information content (AvgIpc) is 3.37. The third kappa shape index (κ3) is 7.35. The lowest BCUT2D eigenvalue weighted by Crippen LogP contribution is -2.49. The van der Waals surface area contributed by atoms with E-state index in [-0.39, 0.29) is 12.0 Å². The summed E-state index contributed by atoms with van der Waals surface area (Å²) < 4.78 is 23.7. The van der Waals surface area contributed by atoms with Crippen LogP contribution in [0, 0.1) is 0 Å². The van der Waals surface area contributed by atoms with Crippen molar-refractivity contribution in [2.24, 2.45) is 0 Å². The SMILES string of the molecule is C=CCOc1cccc(CC(=O)N2CCN(c3ccc(OC[C@@H]4CO[C@](C)(c5ccc(Cl)cc5Cl)O4)cc3)CC2)c1. The second-order valence-electron chi connectivity index (χ2n) is 10.2. The summed E-state index contributed by atoms with van der Waals surface area (Å²) in [7, 11) is 0. The van der Waals surface area contributed by atoms with E-state index in [0.29, 0.717) is 49.4 Å². The summed E-state index contributed by atoms with van der Waals surface area (Å²) >= 11 is 12.4. The number of anilines is 1. The van der Waals surface area contributed by atoms with Crippen LogP contribution in [0.4, 0.5) is 5.69 Å². The predicted octanol–water partition coefficient (Wildman–Crippen LogP) is 6.12. The number of carbonyl (C=O) groups is 1. The summed E-state index contributed by atoms with van der Waals surface area (Å²) in [4.78, 5) is 17.1. The molecule has 2 aliphatic heterocycles. The van der Waals surface area contributed by atoms with Crippen molar-refractivity contribution in [1.82, 2.24) is 4.90 Å². The average molecular weight is 598 g/mol. The Morgan fingerprint density at radius 1 is 1.02 bits per heavy atom. The first-order chi connectivity index (χ1) is 19.8. The number of carbonyl (C=O) groups excluding carboxylic acids is 1. The minimum Gasteiger partial charge on any atom is -0.491 e. The van der Waals surface area contributed by atoms with Crippen LogP contribution in [0.25, 0.3) is 0 Å². The van der Waals surface area contributed by atoms with Gasteiger partial charge in [-0.15, -0.1) is 0 Å². The number of nitrogens with zero attached hydrogens (tertiary/aromatic N) is 2. The highest BCUT2D eigenvalue weighted by molar-refractivity contribution is 6.35. The van der Waals surface area contributed by atoms with Gasteiger partial charge in [-0.05, 0) is 61.0 Å². The molecule has 2 fully saturated rings. The lowest BCUT2D eigenvalue weighted by molar-refractivity contribution is -0.164. The summed E-state index contributed by atoms with van der Waals surface area (Å²) in [5.74, 6) is 0.677.